The summed E-state index contributed by atoms with van der Waals surface area (Å²) in [6.07, 6.45) is 0.298. The Hall–Kier alpha value is -2.70. The van der Waals surface area contributed by atoms with Crippen molar-refractivity contribution in [2.75, 3.05) is 6.54 Å². The summed E-state index contributed by atoms with van der Waals surface area (Å²) in [6.45, 7) is 2.37. The third kappa shape index (κ3) is 3.47. The number of likely N-dealkylation sites (tertiary alicyclic amines) is 1. The third-order valence-electron chi connectivity index (χ3n) is 4.83. The molecule has 0 radical (unpaired) electrons. The minimum atomic E-state index is -1.08. The Morgan fingerprint density at radius 3 is 2.19 bits per heavy atom. The molecule has 1 fully saturated rings. The fourth-order valence-corrected chi connectivity index (χ4v) is 3.29. The summed E-state index contributed by atoms with van der Waals surface area (Å²) in [6, 6.07) is 14.3. The summed E-state index contributed by atoms with van der Waals surface area (Å²) >= 11 is 0. The summed E-state index contributed by atoms with van der Waals surface area (Å²) < 4.78 is 0. The number of nitrogens with one attached hydrogen (secondary N) is 1. The van der Waals surface area contributed by atoms with E-state index in [1.807, 2.05) is 24.3 Å². The molecule has 2 aromatic carbocycles. The number of carbonyl (C=O) groups is 2. The average molecular weight is 354 g/mol. The highest BCUT2D eigenvalue weighted by molar-refractivity contribution is 5.98. The number of rotatable bonds is 4. The number of carbonyl (C=O) groups excluding carboxylic acids is 2. The van der Waals surface area contributed by atoms with Gasteiger partial charge in [0, 0.05) is 12.1 Å². The second-order valence-electron chi connectivity index (χ2n) is 6.40. The fraction of sp³-hybridized carbons (Fsp3) is 0.300. The fourth-order valence-electron chi connectivity index (χ4n) is 3.29. The molecule has 1 heterocycles. The number of amides is 2. The maximum atomic E-state index is 12.7. The summed E-state index contributed by atoms with van der Waals surface area (Å²) in [5.74, 6) is -1.13. The van der Waals surface area contributed by atoms with Crippen LogP contribution in [0.25, 0.3) is 11.1 Å². The molecular formula is C20H22N2O4. The lowest BCUT2D eigenvalue weighted by molar-refractivity contribution is -0.135. The molecule has 136 valence electrons. The van der Waals surface area contributed by atoms with Crippen molar-refractivity contribution in [2.24, 2.45) is 0 Å². The zero-order valence-electron chi connectivity index (χ0n) is 14.6. The van der Waals surface area contributed by atoms with Gasteiger partial charge in [0.25, 0.3) is 11.8 Å². The Kier molecular flexibility index (Phi) is 5.35. The van der Waals surface area contributed by atoms with E-state index in [-0.39, 0.29) is 12.5 Å². The van der Waals surface area contributed by atoms with Gasteiger partial charge in [-0.25, -0.2) is 5.48 Å². The molecule has 0 aliphatic carbocycles. The number of aryl methyl sites for hydroxylation is 1. The second-order valence-corrected chi connectivity index (χ2v) is 6.40. The van der Waals surface area contributed by atoms with Gasteiger partial charge >= 0.3 is 0 Å². The molecule has 1 aliphatic rings. The van der Waals surface area contributed by atoms with Crippen LogP contribution in [0.4, 0.5) is 0 Å². The van der Waals surface area contributed by atoms with E-state index in [9.17, 15) is 14.7 Å². The van der Waals surface area contributed by atoms with Gasteiger partial charge in [-0.3, -0.25) is 14.8 Å². The largest absolute Gasteiger partial charge is 0.390 e. The number of hydrogen-bond donors (Lipinski definition) is 3. The first-order valence-electron chi connectivity index (χ1n) is 8.67. The van der Waals surface area contributed by atoms with Gasteiger partial charge in [0.05, 0.1) is 6.10 Å². The van der Waals surface area contributed by atoms with E-state index in [0.29, 0.717) is 12.0 Å². The van der Waals surface area contributed by atoms with Crippen LogP contribution >= 0.6 is 0 Å². The molecule has 0 saturated carbocycles. The van der Waals surface area contributed by atoms with Crippen molar-refractivity contribution in [3.63, 3.8) is 0 Å². The highest BCUT2D eigenvalue weighted by Crippen LogP contribution is 2.24. The van der Waals surface area contributed by atoms with Crippen LogP contribution in [-0.4, -0.2) is 45.7 Å². The predicted octanol–water partition coefficient (Wildman–Crippen LogP) is 2.00. The van der Waals surface area contributed by atoms with Crippen molar-refractivity contribution in [1.29, 1.82) is 0 Å². The molecule has 3 N–H and O–H groups in total. The van der Waals surface area contributed by atoms with E-state index in [0.717, 1.165) is 17.5 Å². The maximum Gasteiger partial charge on any atom is 0.268 e. The minimum absolute atomic E-state index is 0.262. The third-order valence-corrected chi connectivity index (χ3v) is 4.83. The number of hydrogen-bond acceptors (Lipinski definition) is 4. The molecular weight excluding hydrogens is 332 g/mol. The predicted molar refractivity (Wildman–Crippen MR) is 96.6 cm³/mol. The number of aliphatic hydroxyl groups is 1. The summed E-state index contributed by atoms with van der Waals surface area (Å²) in [5.41, 5.74) is 5.28. The molecule has 1 saturated heterocycles. The highest BCUT2D eigenvalue weighted by atomic mass is 16.5. The smallest absolute Gasteiger partial charge is 0.268 e. The number of aliphatic hydroxyl groups excluding tert-OH is 1. The Bertz CT molecular complexity index is 786. The van der Waals surface area contributed by atoms with Crippen molar-refractivity contribution < 1.29 is 19.9 Å². The highest BCUT2D eigenvalue weighted by Gasteiger charge is 2.41. The van der Waals surface area contributed by atoms with Gasteiger partial charge in [0.2, 0.25) is 0 Å². The van der Waals surface area contributed by atoms with E-state index in [1.54, 1.807) is 12.1 Å². The molecule has 26 heavy (non-hydrogen) atoms. The van der Waals surface area contributed by atoms with Gasteiger partial charge in [-0.2, -0.15) is 0 Å². The van der Waals surface area contributed by atoms with Crippen LogP contribution in [-0.2, 0) is 11.2 Å². The normalized spacial score (nSPS) is 19.4. The number of benzene rings is 2. The molecule has 2 aromatic rings. The van der Waals surface area contributed by atoms with Crippen molar-refractivity contribution in [2.45, 2.75) is 31.9 Å². The first-order valence-corrected chi connectivity index (χ1v) is 8.67. The number of nitrogens with zero attached hydrogens (tertiary/aromatic N) is 1. The average Bonchev–Trinajstić information content (AvgIpc) is 3.08. The molecule has 1 aliphatic heterocycles. The van der Waals surface area contributed by atoms with E-state index in [2.05, 4.69) is 19.1 Å². The second kappa shape index (κ2) is 7.68. The zero-order valence-corrected chi connectivity index (χ0v) is 14.6. The first kappa shape index (κ1) is 18.1. The van der Waals surface area contributed by atoms with Crippen LogP contribution < -0.4 is 5.48 Å². The Balaban J connectivity index is 1.79. The SMILES string of the molecule is CCc1ccc(-c2ccc(C(=O)N3CC[C@H](O)C3C(=O)NO)cc2)cc1. The minimum Gasteiger partial charge on any atom is -0.390 e. The molecule has 2 atom stereocenters. The van der Waals surface area contributed by atoms with Gasteiger partial charge in [0.15, 0.2) is 0 Å². The van der Waals surface area contributed by atoms with Crippen molar-refractivity contribution >= 4 is 11.8 Å². The van der Waals surface area contributed by atoms with Crippen LogP contribution in [0.2, 0.25) is 0 Å². The molecule has 0 bridgehead atoms. The summed E-state index contributed by atoms with van der Waals surface area (Å²) in [7, 11) is 0. The molecule has 0 spiro atoms. The lowest BCUT2D eigenvalue weighted by Gasteiger charge is -2.24. The number of hydroxylamine groups is 1. The van der Waals surface area contributed by atoms with E-state index in [4.69, 9.17) is 5.21 Å². The van der Waals surface area contributed by atoms with E-state index >= 15 is 0 Å². The van der Waals surface area contributed by atoms with E-state index < -0.39 is 18.1 Å². The first-order chi connectivity index (χ1) is 12.5. The molecule has 2 amide bonds. The molecule has 1 unspecified atom stereocenters. The molecule has 6 heteroatoms. The van der Waals surface area contributed by atoms with Crippen molar-refractivity contribution in [3.8, 4) is 11.1 Å². The molecule has 0 aromatic heterocycles. The topological polar surface area (TPSA) is 89.9 Å². The zero-order chi connectivity index (χ0) is 18.7. The van der Waals surface area contributed by atoms with Gasteiger partial charge < -0.3 is 10.0 Å². The monoisotopic (exact) mass is 354 g/mol. The Morgan fingerprint density at radius 2 is 1.65 bits per heavy atom. The van der Waals surface area contributed by atoms with Crippen LogP contribution in [0.3, 0.4) is 0 Å². The lowest BCUT2D eigenvalue weighted by atomic mass is 10.0. The van der Waals surface area contributed by atoms with Gasteiger partial charge in [0.1, 0.15) is 6.04 Å². The van der Waals surface area contributed by atoms with Crippen molar-refractivity contribution in [3.05, 3.63) is 59.7 Å². The van der Waals surface area contributed by atoms with Crippen LogP contribution in [0.1, 0.15) is 29.3 Å². The van der Waals surface area contributed by atoms with Gasteiger partial charge in [-0.05, 0) is 41.7 Å². The Morgan fingerprint density at radius 1 is 1.08 bits per heavy atom. The van der Waals surface area contributed by atoms with Crippen LogP contribution in [0, 0.1) is 0 Å². The van der Waals surface area contributed by atoms with Crippen molar-refractivity contribution in [1.82, 2.24) is 10.4 Å². The molecule has 3 rings (SSSR count). The molecule has 6 nitrogen and oxygen atoms in total. The Labute approximate surface area is 152 Å². The maximum absolute atomic E-state index is 12.7. The quantitative estimate of drug-likeness (QED) is 0.579. The standard InChI is InChI=1S/C20H22N2O4/c1-2-13-3-5-14(6-4-13)15-7-9-16(10-8-15)20(25)22-12-11-17(23)18(22)19(24)21-26/h3-10,17-18,23,26H,2,11-12H2,1H3,(H,21,24)/t17-,18?/m0/s1. The van der Waals surface area contributed by atoms with Gasteiger partial charge in [-0.15, -0.1) is 0 Å². The van der Waals surface area contributed by atoms with Crippen LogP contribution in [0.15, 0.2) is 48.5 Å². The lowest BCUT2D eigenvalue weighted by Crippen LogP contribution is -2.49. The van der Waals surface area contributed by atoms with Gasteiger partial charge in [-0.1, -0.05) is 43.3 Å². The van der Waals surface area contributed by atoms with E-state index in [1.165, 1.54) is 15.9 Å². The summed E-state index contributed by atoms with van der Waals surface area (Å²) in [4.78, 5) is 25.7. The van der Waals surface area contributed by atoms with Crippen LogP contribution in [0.5, 0.6) is 0 Å². The summed E-state index contributed by atoms with van der Waals surface area (Å²) in [5, 5.41) is 18.8.